The quantitative estimate of drug-likeness (QED) is 0.777. The standard InChI is InChI=1S/C13H22N2/c1-10(2)8-13(9-14)15-12-6-4-11(3)5-7-12/h4-7,10,13,15H,8-9,14H2,1-3H3. The second-order valence-electron chi connectivity index (χ2n) is 4.57. The van der Waals surface area contributed by atoms with Crippen molar-refractivity contribution in [2.45, 2.75) is 33.2 Å². The summed E-state index contributed by atoms with van der Waals surface area (Å²) >= 11 is 0. The van der Waals surface area contributed by atoms with E-state index in [0.29, 0.717) is 18.5 Å². The number of nitrogens with two attached hydrogens (primary N) is 1. The summed E-state index contributed by atoms with van der Waals surface area (Å²) in [6.07, 6.45) is 1.12. The Balaban J connectivity index is 2.54. The van der Waals surface area contributed by atoms with E-state index in [9.17, 15) is 0 Å². The summed E-state index contributed by atoms with van der Waals surface area (Å²) in [5.41, 5.74) is 8.19. The molecule has 1 atom stereocenters. The van der Waals surface area contributed by atoms with E-state index in [-0.39, 0.29) is 0 Å². The van der Waals surface area contributed by atoms with Gasteiger partial charge in [-0.3, -0.25) is 0 Å². The zero-order valence-corrected chi connectivity index (χ0v) is 9.96. The summed E-state index contributed by atoms with van der Waals surface area (Å²) in [5.74, 6) is 0.677. The Morgan fingerprint density at radius 2 is 1.80 bits per heavy atom. The van der Waals surface area contributed by atoms with Crippen molar-refractivity contribution in [2.75, 3.05) is 11.9 Å². The van der Waals surface area contributed by atoms with Gasteiger partial charge < -0.3 is 11.1 Å². The van der Waals surface area contributed by atoms with Gasteiger partial charge in [-0.25, -0.2) is 0 Å². The molecule has 0 aliphatic rings. The van der Waals surface area contributed by atoms with E-state index in [0.717, 1.165) is 12.1 Å². The van der Waals surface area contributed by atoms with Gasteiger partial charge >= 0.3 is 0 Å². The molecule has 0 heterocycles. The number of nitrogens with one attached hydrogen (secondary N) is 1. The fourth-order valence-electron chi connectivity index (χ4n) is 1.67. The van der Waals surface area contributed by atoms with E-state index in [4.69, 9.17) is 5.73 Å². The Hall–Kier alpha value is -1.02. The Morgan fingerprint density at radius 1 is 1.20 bits per heavy atom. The maximum absolute atomic E-state index is 5.74. The molecule has 0 spiro atoms. The van der Waals surface area contributed by atoms with Crippen LogP contribution in [-0.4, -0.2) is 12.6 Å². The highest BCUT2D eigenvalue weighted by Crippen LogP contribution is 2.13. The van der Waals surface area contributed by atoms with Crippen LogP contribution >= 0.6 is 0 Å². The first kappa shape index (κ1) is 12.1. The van der Waals surface area contributed by atoms with Crippen LogP contribution in [0.1, 0.15) is 25.8 Å². The number of rotatable bonds is 5. The number of anilines is 1. The van der Waals surface area contributed by atoms with Gasteiger partial charge in [-0.1, -0.05) is 31.5 Å². The minimum atomic E-state index is 0.382. The third-order valence-electron chi connectivity index (χ3n) is 2.46. The molecule has 0 amide bonds. The maximum Gasteiger partial charge on any atom is 0.0386 e. The molecule has 1 rings (SSSR count). The summed E-state index contributed by atoms with van der Waals surface area (Å²) in [6, 6.07) is 8.83. The fraction of sp³-hybridized carbons (Fsp3) is 0.538. The number of hydrogen-bond donors (Lipinski definition) is 2. The normalized spacial score (nSPS) is 12.9. The van der Waals surface area contributed by atoms with E-state index in [2.05, 4.69) is 50.4 Å². The average Bonchev–Trinajstić information content (AvgIpc) is 2.19. The monoisotopic (exact) mass is 206 g/mol. The second kappa shape index (κ2) is 5.76. The van der Waals surface area contributed by atoms with Gasteiger partial charge in [0.2, 0.25) is 0 Å². The summed E-state index contributed by atoms with van der Waals surface area (Å²) < 4.78 is 0. The van der Waals surface area contributed by atoms with E-state index < -0.39 is 0 Å². The van der Waals surface area contributed by atoms with Crippen molar-refractivity contribution in [2.24, 2.45) is 11.7 Å². The lowest BCUT2D eigenvalue weighted by Gasteiger charge is -2.20. The van der Waals surface area contributed by atoms with Gasteiger partial charge in [0.1, 0.15) is 0 Å². The van der Waals surface area contributed by atoms with Crippen LogP contribution in [0.2, 0.25) is 0 Å². The first-order valence-electron chi connectivity index (χ1n) is 5.65. The molecule has 0 aliphatic heterocycles. The van der Waals surface area contributed by atoms with Gasteiger partial charge in [0.15, 0.2) is 0 Å². The Labute approximate surface area is 92.9 Å². The summed E-state index contributed by atoms with van der Waals surface area (Å²) in [6.45, 7) is 7.23. The Bertz CT molecular complexity index is 277. The SMILES string of the molecule is Cc1ccc(NC(CN)CC(C)C)cc1. The smallest absolute Gasteiger partial charge is 0.0386 e. The van der Waals surface area contributed by atoms with E-state index in [1.807, 2.05) is 0 Å². The predicted octanol–water partition coefficient (Wildman–Crippen LogP) is 2.78. The van der Waals surface area contributed by atoms with Crippen molar-refractivity contribution in [1.82, 2.24) is 0 Å². The lowest BCUT2D eigenvalue weighted by Crippen LogP contribution is -2.30. The van der Waals surface area contributed by atoms with E-state index in [1.165, 1.54) is 5.56 Å². The van der Waals surface area contributed by atoms with Crippen LogP contribution in [0.3, 0.4) is 0 Å². The maximum atomic E-state index is 5.74. The largest absolute Gasteiger partial charge is 0.381 e. The van der Waals surface area contributed by atoms with Crippen LogP contribution in [0, 0.1) is 12.8 Å². The molecule has 1 unspecified atom stereocenters. The van der Waals surface area contributed by atoms with Crippen molar-refractivity contribution < 1.29 is 0 Å². The van der Waals surface area contributed by atoms with Gasteiger partial charge in [0.05, 0.1) is 0 Å². The molecule has 3 N–H and O–H groups in total. The van der Waals surface area contributed by atoms with E-state index >= 15 is 0 Å². The minimum Gasteiger partial charge on any atom is -0.381 e. The van der Waals surface area contributed by atoms with Crippen LogP contribution in [0.4, 0.5) is 5.69 Å². The molecule has 2 heteroatoms. The first-order valence-corrected chi connectivity index (χ1v) is 5.65. The van der Waals surface area contributed by atoms with Crippen molar-refractivity contribution in [1.29, 1.82) is 0 Å². The van der Waals surface area contributed by atoms with Crippen molar-refractivity contribution >= 4 is 5.69 Å². The summed E-state index contributed by atoms with van der Waals surface area (Å²) in [4.78, 5) is 0. The molecule has 0 bridgehead atoms. The molecular weight excluding hydrogens is 184 g/mol. The lowest BCUT2D eigenvalue weighted by atomic mass is 10.0. The van der Waals surface area contributed by atoms with Gasteiger partial charge in [-0.2, -0.15) is 0 Å². The van der Waals surface area contributed by atoms with E-state index in [1.54, 1.807) is 0 Å². The minimum absolute atomic E-state index is 0.382. The Morgan fingerprint density at radius 3 is 2.27 bits per heavy atom. The molecule has 0 fully saturated rings. The molecule has 0 radical (unpaired) electrons. The first-order chi connectivity index (χ1) is 7.11. The van der Waals surface area contributed by atoms with Gasteiger partial charge in [-0.15, -0.1) is 0 Å². The van der Waals surface area contributed by atoms with Gasteiger partial charge in [0.25, 0.3) is 0 Å². The van der Waals surface area contributed by atoms with Crippen LogP contribution in [0.15, 0.2) is 24.3 Å². The van der Waals surface area contributed by atoms with Crippen LogP contribution in [0.5, 0.6) is 0 Å². The molecule has 0 aliphatic carbocycles. The topological polar surface area (TPSA) is 38.0 Å². The summed E-state index contributed by atoms with van der Waals surface area (Å²) in [5, 5.41) is 3.46. The summed E-state index contributed by atoms with van der Waals surface area (Å²) in [7, 11) is 0. The van der Waals surface area contributed by atoms with Crippen LogP contribution in [-0.2, 0) is 0 Å². The molecule has 15 heavy (non-hydrogen) atoms. The molecule has 0 saturated heterocycles. The predicted molar refractivity (Wildman–Crippen MR) is 67.1 cm³/mol. The third kappa shape index (κ3) is 4.34. The molecule has 2 nitrogen and oxygen atoms in total. The molecule has 1 aromatic rings. The van der Waals surface area contributed by atoms with Crippen molar-refractivity contribution in [3.63, 3.8) is 0 Å². The van der Waals surface area contributed by atoms with Gasteiger partial charge in [-0.05, 0) is 31.4 Å². The van der Waals surface area contributed by atoms with Crippen LogP contribution in [0.25, 0.3) is 0 Å². The number of aryl methyl sites for hydroxylation is 1. The fourth-order valence-corrected chi connectivity index (χ4v) is 1.67. The highest BCUT2D eigenvalue weighted by molar-refractivity contribution is 5.45. The molecular formula is C13H22N2. The number of hydrogen-bond acceptors (Lipinski definition) is 2. The highest BCUT2D eigenvalue weighted by Gasteiger charge is 2.08. The Kier molecular flexibility index (Phi) is 4.63. The average molecular weight is 206 g/mol. The lowest BCUT2D eigenvalue weighted by molar-refractivity contribution is 0.522. The van der Waals surface area contributed by atoms with Crippen LogP contribution < -0.4 is 11.1 Å². The molecule has 0 aromatic heterocycles. The number of benzene rings is 1. The second-order valence-corrected chi connectivity index (χ2v) is 4.57. The van der Waals surface area contributed by atoms with Crippen molar-refractivity contribution in [3.05, 3.63) is 29.8 Å². The molecule has 1 aromatic carbocycles. The van der Waals surface area contributed by atoms with Gasteiger partial charge in [0, 0.05) is 18.3 Å². The third-order valence-corrected chi connectivity index (χ3v) is 2.46. The van der Waals surface area contributed by atoms with Crippen molar-refractivity contribution in [3.8, 4) is 0 Å². The highest BCUT2D eigenvalue weighted by atomic mass is 14.9. The zero-order valence-electron chi connectivity index (χ0n) is 9.96. The zero-order chi connectivity index (χ0) is 11.3. The molecule has 84 valence electrons. The molecule has 0 saturated carbocycles.